The fourth-order valence-electron chi connectivity index (χ4n) is 3.47. The van der Waals surface area contributed by atoms with E-state index in [0.29, 0.717) is 11.6 Å². The van der Waals surface area contributed by atoms with Crippen molar-refractivity contribution in [1.29, 1.82) is 0 Å². The van der Waals surface area contributed by atoms with E-state index >= 15 is 0 Å². The van der Waals surface area contributed by atoms with Gasteiger partial charge in [0.15, 0.2) is 0 Å². The topological polar surface area (TPSA) is 70.2 Å². The molecule has 0 aliphatic heterocycles. The first kappa shape index (κ1) is 25.2. The van der Waals surface area contributed by atoms with Gasteiger partial charge in [0.2, 0.25) is 11.8 Å². The third-order valence-electron chi connectivity index (χ3n) is 5.17. The van der Waals surface area contributed by atoms with Gasteiger partial charge in [-0.3, -0.25) is 9.59 Å². The molecule has 5 nitrogen and oxygen atoms in total. The van der Waals surface area contributed by atoms with Crippen molar-refractivity contribution in [3.05, 3.63) is 58.7 Å². The minimum atomic E-state index is -0.591. The molecule has 3 N–H and O–H groups in total. The van der Waals surface area contributed by atoms with Gasteiger partial charge < -0.3 is 16.0 Å². The van der Waals surface area contributed by atoms with Crippen molar-refractivity contribution in [2.24, 2.45) is 0 Å². The average Bonchev–Trinajstić information content (AvgIpc) is 2.70. The molecular weight excluding hydrogens is 398 g/mol. The van der Waals surface area contributed by atoms with Crippen molar-refractivity contribution >= 4 is 23.6 Å². The van der Waals surface area contributed by atoms with Gasteiger partial charge in [-0.05, 0) is 101 Å². The summed E-state index contributed by atoms with van der Waals surface area (Å²) in [6, 6.07) is 12.6. The molecule has 0 fully saturated rings. The first-order valence-electron chi connectivity index (χ1n) is 11.3. The fourth-order valence-corrected chi connectivity index (χ4v) is 3.47. The van der Waals surface area contributed by atoms with E-state index in [1.807, 2.05) is 26.8 Å². The molecule has 0 heterocycles. The summed E-state index contributed by atoms with van der Waals surface area (Å²) in [5.41, 5.74) is 7.24. The molecule has 0 aromatic heterocycles. The molecule has 2 amide bonds. The lowest BCUT2D eigenvalue weighted by molar-refractivity contribution is -0.127. The maximum Gasteiger partial charge on any atom is 0.247 e. The van der Waals surface area contributed by atoms with Crippen LogP contribution in [0.4, 0.5) is 5.69 Å². The number of carbonyl (C=O) groups excluding carboxylic acids is 2. The summed E-state index contributed by atoms with van der Waals surface area (Å²) >= 11 is 0. The van der Waals surface area contributed by atoms with Crippen molar-refractivity contribution in [2.75, 3.05) is 5.32 Å². The molecule has 2 rings (SSSR count). The first-order valence-corrected chi connectivity index (χ1v) is 11.3. The quantitative estimate of drug-likeness (QED) is 0.498. The smallest absolute Gasteiger partial charge is 0.247 e. The highest BCUT2D eigenvalue weighted by Gasteiger charge is 2.17. The molecule has 0 aliphatic rings. The number of rotatable bonds is 8. The predicted octanol–water partition coefficient (Wildman–Crippen LogP) is 5.22. The number of amides is 2. The van der Waals surface area contributed by atoms with E-state index in [9.17, 15) is 9.59 Å². The van der Waals surface area contributed by atoms with Gasteiger partial charge >= 0.3 is 0 Å². The van der Waals surface area contributed by atoms with Crippen LogP contribution in [0, 0.1) is 13.8 Å². The van der Waals surface area contributed by atoms with Gasteiger partial charge in [0.1, 0.15) is 6.04 Å². The summed E-state index contributed by atoms with van der Waals surface area (Å²) in [6.45, 7) is 15.6. The van der Waals surface area contributed by atoms with Crippen LogP contribution >= 0.6 is 0 Å². The Morgan fingerprint density at radius 1 is 0.844 bits per heavy atom. The molecule has 2 aromatic rings. The summed E-state index contributed by atoms with van der Waals surface area (Å²) in [5, 5.41) is 8.99. The Morgan fingerprint density at radius 2 is 1.47 bits per heavy atom. The van der Waals surface area contributed by atoms with Crippen LogP contribution in [0.15, 0.2) is 42.0 Å². The minimum Gasteiger partial charge on any atom is -0.383 e. The van der Waals surface area contributed by atoms with E-state index in [0.717, 1.165) is 27.9 Å². The second-order valence-electron chi connectivity index (χ2n) is 9.09. The summed E-state index contributed by atoms with van der Waals surface area (Å²) in [5.74, 6) is -0.432. The molecule has 0 spiro atoms. The first-order chi connectivity index (χ1) is 15.0. The third-order valence-corrected chi connectivity index (χ3v) is 5.17. The number of nitrogens with one attached hydrogen (secondary N) is 3. The number of hydrogen-bond acceptors (Lipinski definition) is 3. The Balaban J connectivity index is 2.19. The zero-order valence-electron chi connectivity index (χ0n) is 20.6. The zero-order chi connectivity index (χ0) is 24.0. The summed E-state index contributed by atoms with van der Waals surface area (Å²) in [7, 11) is 0. The lowest BCUT2D eigenvalue weighted by Crippen LogP contribution is -2.46. The Kier molecular flexibility index (Phi) is 8.64. The molecule has 0 bridgehead atoms. The number of anilines is 1. The Labute approximate surface area is 192 Å². The number of aryl methyl sites for hydroxylation is 2. The Bertz CT molecular complexity index is 989. The van der Waals surface area contributed by atoms with Crippen LogP contribution in [-0.2, 0) is 9.59 Å². The maximum atomic E-state index is 12.6. The molecule has 0 saturated heterocycles. The lowest BCUT2D eigenvalue weighted by Gasteiger charge is -2.16. The van der Waals surface area contributed by atoms with Gasteiger partial charge in [0.05, 0.1) is 0 Å². The largest absolute Gasteiger partial charge is 0.383 e. The monoisotopic (exact) mass is 435 g/mol. The van der Waals surface area contributed by atoms with Crippen molar-refractivity contribution < 1.29 is 9.59 Å². The standard InChI is InChI=1S/C27H37N3O2/c1-16(2)28-24-11-9-22(10-12-24)25-15-18(5)23(13-19(25)6)14-20(7)26(31)30-21(8)27(32)29-17(3)4/h9-17,21,28H,1-8H3,(H,29,32)(H,30,31)/b20-14+/t21-/m1/s1. The SMILES string of the molecule is C/C(=C\c1cc(C)c(-c2ccc(NC(C)C)cc2)cc1C)C(=O)N[C@H](C)C(=O)NC(C)C. The van der Waals surface area contributed by atoms with Gasteiger partial charge in [-0.1, -0.05) is 24.3 Å². The van der Waals surface area contributed by atoms with E-state index in [1.165, 1.54) is 5.56 Å². The molecular formula is C27H37N3O2. The van der Waals surface area contributed by atoms with E-state index in [1.54, 1.807) is 13.8 Å². The van der Waals surface area contributed by atoms with Gasteiger partial charge in [-0.15, -0.1) is 0 Å². The summed E-state index contributed by atoms with van der Waals surface area (Å²) < 4.78 is 0. The van der Waals surface area contributed by atoms with Gasteiger partial charge in [-0.25, -0.2) is 0 Å². The van der Waals surface area contributed by atoms with Gasteiger partial charge in [-0.2, -0.15) is 0 Å². The number of hydrogen-bond donors (Lipinski definition) is 3. The Morgan fingerprint density at radius 3 is 2.03 bits per heavy atom. The van der Waals surface area contributed by atoms with E-state index in [4.69, 9.17) is 0 Å². The normalized spacial score (nSPS) is 12.6. The van der Waals surface area contributed by atoms with Crippen LogP contribution in [0.3, 0.4) is 0 Å². The van der Waals surface area contributed by atoms with Crippen molar-refractivity contribution in [2.45, 2.75) is 73.5 Å². The third kappa shape index (κ3) is 6.98. The van der Waals surface area contributed by atoms with E-state index < -0.39 is 6.04 Å². The second-order valence-corrected chi connectivity index (χ2v) is 9.09. The van der Waals surface area contributed by atoms with Crippen LogP contribution in [0.5, 0.6) is 0 Å². The van der Waals surface area contributed by atoms with Crippen LogP contribution in [0.25, 0.3) is 17.2 Å². The highest BCUT2D eigenvalue weighted by molar-refractivity contribution is 6.00. The highest BCUT2D eigenvalue weighted by Crippen LogP contribution is 2.29. The molecule has 0 unspecified atom stereocenters. The number of benzene rings is 2. The van der Waals surface area contributed by atoms with Crippen LogP contribution < -0.4 is 16.0 Å². The lowest BCUT2D eigenvalue weighted by atomic mass is 9.94. The molecule has 5 heteroatoms. The molecule has 0 saturated carbocycles. The molecule has 0 aliphatic carbocycles. The van der Waals surface area contributed by atoms with E-state index in [2.05, 4.69) is 73.1 Å². The Hall–Kier alpha value is -3.08. The van der Waals surface area contributed by atoms with Gasteiger partial charge in [0, 0.05) is 23.3 Å². The van der Waals surface area contributed by atoms with Crippen molar-refractivity contribution in [1.82, 2.24) is 10.6 Å². The minimum absolute atomic E-state index is 0.0327. The molecule has 1 atom stereocenters. The van der Waals surface area contributed by atoms with Crippen molar-refractivity contribution in [3.63, 3.8) is 0 Å². The average molecular weight is 436 g/mol. The maximum absolute atomic E-state index is 12.6. The molecule has 0 radical (unpaired) electrons. The molecule has 32 heavy (non-hydrogen) atoms. The fraction of sp³-hybridized carbons (Fsp3) is 0.407. The van der Waals surface area contributed by atoms with Crippen LogP contribution in [0.1, 0.15) is 58.2 Å². The highest BCUT2D eigenvalue weighted by atomic mass is 16.2. The molecule has 2 aromatic carbocycles. The van der Waals surface area contributed by atoms with E-state index in [-0.39, 0.29) is 17.9 Å². The zero-order valence-corrected chi connectivity index (χ0v) is 20.6. The summed E-state index contributed by atoms with van der Waals surface area (Å²) in [4.78, 5) is 24.6. The number of carbonyl (C=O) groups is 2. The van der Waals surface area contributed by atoms with Gasteiger partial charge in [0.25, 0.3) is 0 Å². The van der Waals surface area contributed by atoms with Crippen LogP contribution in [-0.4, -0.2) is 29.9 Å². The van der Waals surface area contributed by atoms with Crippen LogP contribution in [0.2, 0.25) is 0 Å². The summed E-state index contributed by atoms with van der Waals surface area (Å²) in [6.07, 6.45) is 1.88. The molecule has 172 valence electrons. The predicted molar refractivity (Wildman–Crippen MR) is 135 cm³/mol. The van der Waals surface area contributed by atoms with Crippen molar-refractivity contribution in [3.8, 4) is 11.1 Å². The second kappa shape index (κ2) is 11.0.